The largest absolute Gasteiger partial charge is 0.486 e. The van der Waals surface area contributed by atoms with Gasteiger partial charge >= 0.3 is 0 Å². The molecule has 1 N–H and O–H groups in total. The second kappa shape index (κ2) is 10.1. The third-order valence-corrected chi connectivity index (χ3v) is 6.01. The number of nitrogens with one attached hydrogen (secondary N) is 1. The van der Waals surface area contributed by atoms with Crippen molar-refractivity contribution in [2.24, 2.45) is 0 Å². The lowest BCUT2D eigenvalue weighted by Crippen LogP contribution is -2.36. The standard InChI is InChI=1S/C23H24ClN3O3S/c1-16-2-5-19(6-3-16)30-14-23-25-18(15-31-23)13-22(28)26-20-12-17(24)4-7-21(20)27-8-10-29-11-9-27/h2-7,12,15H,8-11,13-14H2,1H3,(H,26,28). The molecule has 0 spiro atoms. The number of hydrogen-bond acceptors (Lipinski definition) is 6. The number of ether oxygens (including phenoxy) is 2. The molecule has 8 heteroatoms. The highest BCUT2D eigenvalue weighted by atomic mass is 35.5. The van der Waals surface area contributed by atoms with Gasteiger partial charge in [0.2, 0.25) is 5.91 Å². The average Bonchev–Trinajstić information content (AvgIpc) is 3.21. The fourth-order valence-corrected chi connectivity index (χ4v) is 4.20. The first-order chi connectivity index (χ1) is 15.1. The Bertz CT molecular complexity index is 1030. The number of carbonyl (C=O) groups is 1. The first-order valence-electron chi connectivity index (χ1n) is 10.1. The van der Waals surface area contributed by atoms with Crippen LogP contribution in [0.5, 0.6) is 5.75 Å². The molecule has 3 aromatic rings. The van der Waals surface area contributed by atoms with Crippen LogP contribution in [0.15, 0.2) is 47.8 Å². The molecular weight excluding hydrogens is 434 g/mol. The molecule has 1 aliphatic rings. The minimum atomic E-state index is -0.131. The molecule has 1 amide bonds. The van der Waals surface area contributed by atoms with Gasteiger partial charge in [0.25, 0.3) is 0 Å². The highest BCUT2D eigenvalue weighted by molar-refractivity contribution is 7.09. The first kappa shape index (κ1) is 21.6. The molecule has 0 saturated carbocycles. The van der Waals surface area contributed by atoms with Crippen molar-refractivity contribution in [3.63, 3.8) is 0 Å². The van der Waals surface area contributed by atoms with Crippen molar-refractivity contribution in [2.45, 2.75) is 20.0 Å². The zero-order chi connectivity index (χ0) is 21.6. The summed E-state index contributed by atoms with van der Waals surface area (Å²) >= 11 is 7.67. The van der Waals surface area contributed by atoms with Crippen LogP contribution >= 0.6 is 22.9 Å². The Labute approximate surface area is 190 Å². The Hall–Kier alpha value is -2.61. The smallest absolute Gasteiger partial charge is 0.230 e. The number of thiazole rings is 1. The molecule has 0 radical (unpaired) electrons. The van der Waals surface area contributed by atoms with Crippen LogP contribution < -0.4 is 15.0 Å². The third-order valence-electron chi connectivity index (χ3n) is 4.91. The molecule has 0 atom stereocenters. The van der Waals surface area contributed by atoms with Crippen LogP contribution in [-0.4, -0.2) is 37.2 Å². The van der Waals surface area contributed by atoms with Crippen LogP contribution in [0.1, 0.15) is 16.3 Å². The number of amides is 1. The molecule has 6 nitrogen and oxygen atoms in total. The number of nitrogens with zero attached hydrogens (tertiary/aromatic N) is 2. The van der Waals surface area contributed by atoms with Gasteiger partial charge in [0.05, 0.1) is 36.7 Å². The lowest BCUT2D eigenvalue weighted by atomic mass is 10.2. The minimum Gasteiger partial charge on any atom is -0.486 e. The third kappa shape index (κ3) is 5.97. The quantitative estimate of drug-likeness (QED) is 0.557. The highest BCUT2D eigenvalue weighted by Gasteiger charge is 2.17. The number of carbonyl (C=O) groups excluding carboxylic acids is 1. The number of rotatable bonds is 7. The molecule has 2 aromatic carbocycles. The molecular formula is C23H24ClN3O3S. The summed E-state index contributed by atoms with van der Waals surface area (Å²) in [6.07, 6.45) is 0.191. The monoisotopic (exact) mass is 457 g/mol. The maximum atomic E-state index is 12.7. The lowest BCUT2D eigenvalue weighted by molar-refractivity contribution is -0.115. The number of benzene rings is 2. The van der Waals surface area contributed by atoms with E-state index in [2.05, 4.69) is 15.2 Å². The van der Waals surface area contributed by atoms with Crippen LogP contribution in [0.3, 0.4) is 0 Å². The SMILES string of the molecule is Cc1ccc(OCc2nc(CC(=O)Nc3cc(Cl)ccc3N3CCOCC3)cs2)cc1. The van der Waals surface area contributed by atoms with E-state index < -0.39 is 0 Å². The molecule has 0 unspecified atom stereocenters. The van der Waals surface area contributed by atoms with Gasteiger partial charge in [0.15, 0.2) is 0 Å². The van der Waals surface area contributed by atoms with E-state index in [1.54, 1.807) is 6.07 Å². The summed E-state index contributed by atoms with van der Waals surface area (Å²) in [6.45, 7) is 5.31. The zero-order valence-electron chi connectivity index (χ0n) is 17.3. The fourth-order valence-electron chi connectivity index (χ4n) is 3.32. The van der Waals surface area contributed by atoms with E-state index in [0.717, 1.165) is 35.2 Å². The van der Waals surface area contributed by atoms with E-state index in [9.17, 15) is 4.79 Å². The van der Waals surface area contributed by atoms with Crippen molar-refractivity contribution in [1.82, 2.24) is 4.98 Å². The summed E-state index contributed by atoms with van der Waals surface area (Å²) in [5.74, 6) is 0.671. The Kier molecular flexibility index (Phi) is 7.06. The fraction of sp³-hybridized carbons (Fsp3) is 0.304. The van der Waals surface area contributed by atoms with Crippen molar-refractivity contribution in [3.8, 4) is 5.75 Å². The molecule has 1 aromatic heterocycles. The van der Waals surface area contributed by atoms with Crippen LogP contribution in [-0.2, 0) is 22.6 Å². The van der Waals surface area contributed by atoms with Gasteiger partial charge in [-0.25, -0.2) is 4.98 Å². The Morgan fingerprint density at radius 1 is 1.23 bits per heavy atom. The second-order valence-electron chi connectivity index (χ2n) is 7.32. The van der Waals surface area contributed by atoms with Crippen LogP contribution in [0, 0.1) is 6.92 Å². The van der Waals surface area contributed by atoms with Gasteiger partial charge in [-0.2, -0.15) is 0 Å². The van der Waals surface area contributed by atoms with Gasteiger partial charge in [-0.3, -0.25) is 4.79 Å². The molecule has 2 heterocycles. The van der Waals surface area contributed by atoms with E-state index in [4.69, 9.17) is 21.1 Å². The van der Waals surface area contributed by atoms with Gasteiger partial charge in [0, 0.05) is 23.5 Å². The van der Waals surface area contributed by atoms with Crippen molar-refractivity contribution in [2.75, 3.05) is 36.5 Å². The number of aryl methyl sites for hydroxylation is 1. The Morgan fingerprint density at radius 2 is 2.00 bits per heavy atom. The van der Waals surface area contributed by atoms with Gasteiger partial charge < -0.3 is 19.7 Å². The molecule has 31 heavy (non-hydrogen) atoms. The summed E-state index contributed by atoms with van der Waals surface area (Å²) < 4.78 is 11.2. The van der Waals surface area contributed by atoms with Crippen LogP contribution in [0.4, 0.5) is 11.4 Å². The maximum Gasteiger partial charge on any atom is 0.230 e. The molecule has 1 aliphatic heterocycles. The summed E-state index contributed by atoms with van der Waals surface area (Å²) in [5, 5.41) is 6.31. The van der Waals surface area contributed by atoms with E-state index in [0.29, 0.717) is 30.5 Å². The predicted molar refractivity (Wildman–Crippen MR) is 124 cm³/mol. The van der Waals surface area contributed by atoms with Crippen LogP contribution in [0.2, 0.25) is 5.02 Å². The van der Waals surface area contributed by atoms with Gasteiger partial charge in [-0.15, -0.1) is 11.3 Å². The predicted octanol–water partition coefficient (Wildman–Crippen LogP) is 4.70. The summed E-state index contributed by atoms with van der Waals surface area (Å²) in [4.78, 5) is 19.4. The second-order valence-corrected chi connectivity index (χ2v) is 8.70. The highest BCUT2D eigenvalue weighted by Crippen LogP contribution is 2.30. The number of anilines is 2. The van der Waals surface area contributed by atoms with Crippen molar-refractivity contribution in [3.05, 3.63) is 69.1 Å². The Balaban J connectivity index is 1.36. The van der Waals surface area contributed by atoms with E-state index in [1.807, 2.05) is 48.7 Å². The topological polar surface area (TPSA) is 63.7 Å². The van der Waals surface area contributed by atoms with E-state index >= 15 is 0 Å². The number of hydrogen-bond donors (Lipinski definition) is 1. The van der Waals surface area contributed by atoms with Gasteiger partial charge in [-0.05, 0) is 37.3 Å². The summed E-state index contributed by atoms with van der Waals surface area (Å²) in [7, 11) is 0. The first-order valence-corrected chi connectivity index (χ1v) is 11.4. The van der Waals surface area contributed by atoms with Gasteiger partial charge in [0.1, 0.15) is 17.4 Å². The van der Waals surface area contributed by atoms with Crippen LogP contribution in [0.25, 0.3) is 0 Å². The summed E-state index contributed by atoms with van der Waals surface area (Å²) in [6, 6.07) is 13.5. The summed E-state index contributed by atoms with van der Waals surface area (Å²) in [5.41, 5.74) is 3.57. The molecule has 162 valence electrons. The maximum absolute atomic E-state index is 12.7. The van der Waals surface area contributed by atoms with E-state index in [-0.39, 0.29) is 12.3 Å². The van der Waals surface area contributed by atoms with Crippen molar-refractivity contribution >= 4 is 40.2 Å². The van der Waals surface area contributed by atoms with E-state index in [1.165, 1.54) is 16.9 Å². The lowest BCUT2D eigenvalue weighted by Gasteiger charge is -2.30. The number of aromatic nitrogens is 1. The number of morpholine rings is 1. The molecule has 1 fully saturated rings. The Morgan fingerprint density at radius 3 is 2.77 bits per heavy atom. The van der Waals surface area contributed by atoms with Gasteiger partial charge in [-0.1, -0.05) is 29.3 Å². The van der Waals surface area contributed by atoms with Crippen molar-refractivity contribution < 1.29 is 14.3 Å². The van der Waals surface area contributed by atoms with Crippen molar-refractivity contribution in [1.29, 1.82) is 0 Å². The molecule has 0 bridgehead atoms. The number of halogens is 1. The molecule has 4 rings (SSSR count). The average molecular weight is 458 g/mol. The minimum absolute atomic E-state index is 0.131. The molecule has 1 saturated heterocycles. The normalized spacial score (nSPS) is 13.8. The zero-order valence-corrected chi connectivity index (χ0v) is 18.8. The molecule has 0 aliphatic carbocycles.